The smallest absolute Gasteiger partial charge is 0.0846 e. The molecule has 0 aliphatic rings. The lowest BCUT2D eigenvalue weighted by Gasteiger charge is -2.14. The monoisotopic (exact) mass is 386 g/mol. The Morgan fingerprint density at radius 2 is 1.67 bits per heavy atom. The zero-order valence-corrected chi connectivity index (χ0v) is 14.1. The van der Waals surface area contributed by atoms with Gasteiger partial charge in [-0.1, -0.05) is 56.1 Å². The molecule has 0 nitrogen and oxygen atoms in total. The minimum Gasteiger partial charge on any atom is -0.113 e. The fourth-order valence-electron chi connectivity index (χ4n) is 1.81. The molecule has 0 amide bonds. The molecule has 18 heavy (non-hydrogen) atoms. The van der Waals surface area contributed by atoms with Crippen LogP contribution >= 0.6 is 43.5 Å². The van der Waals surface area contributed by atoms with Crippen LogP contribution in [-0.2, 0) is 0 Å². The fourth-order valence-corrected chi connectivity index (χ4v) is 3.54. The first kappa shape index (κ1) is 14.1. The Labute approximate surface area is 130 Å². The van der Waals surface area contributed by atoms with Crippen LogP contribution in [0, 0.1) is 13.8 Å². The van der Waals surface area contributed by atoms with Crippen molar-refractivity contribution in [2.75, 3.05) is 0 Å². The van der Waals surface area contributed by atoms with E-state index in [-0.39, 0.29) is 5.38 Å². The maximum atomic E-state index is 6.57. The summed E-state index contributed by atoms with van der Waals surface area (Å²) >= 11 is 13.6. The van der Waals surface area contributed by atoms with E-state index >= 15 is 0 Å². The second-order valence-corrected chi connectivity index (χ2v) is 6.58. The van der Waals surface area contributed by atoms with E-state index < -0.39 is 0 Å². The molecule has 2 aromatic carbocycles. The molecule has 0 aliphatic carbocycles. The topological polar surface area (TPSA) is 0 Å². The van der Waals surface area contributed by atoms with Crippen molar-refractivity contribution >= 4 is 43.5 Å². The Kier molecular flexibility index (Phi) is 4.52. The molecular weight excluding hydrogens is 375 g/mol. The van der Waals surface area contributed by atoms with Crippen molar-refractivity contribution in [3.63, 3.8) is 0 Å². The molecule has 0 fully saturated rings. The Bertz CT molecular complexity index is 579. The van der Waals surface area contributed by atoms with Gasteiger partial charge in [0.15, 0.2) is 0 Å². The molecule has 0 spiro atoms. The summed E-state index contributed by atoms with van der Waals surface area (Å²) in [5, 5.41) is -0.133. The van der Waals surface area contributed by atoms with E-state index in [0.29, 0.717) is 0 Å². The van der Waals surface area contributed by atoms with Gasteiger partial charge in [0.1, 0.15) is 0 Å². The van der Waals surface area contributed by atoms with Crippen molar-refractivity contribution in [3.8, 4) is 0 Å². The molecule has 1 atom stereocenters. The van der Waals surface area contributed by atoms with Crippen LogP contribution in [0.1, 0.15) is 27.6 Å². The number of benzene rings is 2. The summed E-state index contributed by atoms with van der Waals surface area (Å²) in [4.78, 5) is 0. The highest BCUT2D eigenvalue weighted by atomic mass is 79.9. The standard InChI is InChI=1S/C15H13Br2Cl/c1-9-3-4-11(7-10(9)2)15(18)13-6-5-12(16)8-14(13)17/h3-8,15H,1-2H3. The molecule has 0 bridgehead atoms. The van der Waals surface area contributed by atoms with E-state index in [4.69, 9.17) is 11.6 Å². The van der Waals surface area contributed by atoms with Crippen molar-refractivity contribution in [2.45, 2.75) is 19.2 Å². The number of hydrogen-bond acceptors (Lipinski definition) is 0. The molecule has 0 saturated heterocycles. The van der Waals surface area contributed by atoms with Gasteiger partial charge < -0.3 is 0 Å². The highest BCUT2D eigenvalue weighted by Crippen LogP contribution is 2.35. The Morgan fingerprint density at radius 1 is 0.944 bits per heavy atom. The third-order valence-electron chi connectivity index (χ3n) is 3.06. The van der Waals surface area contributed by atoms with Crippen LogP contribution in [0.2, 0.25) is 0 Å². The molecule has 0 aromatic heterocycles. The first-order valence-corrected chi connectivity index (χ1v) is 7.67. The van der Waals surface area contributed by atoms with Crippen LogP contribution in [0.25, 0.3) is 0 Å². The van der Waals surface area contributed by atoms with Gasteiger partial charge in [0.05, 0.1) is 5.38 Å². The van der Waals surface area contributed by atoms with Crippen molar-refractivity contribution < 1.29 is 0 Å². The quantitative estimate of drug-likeness (QED) is 0.541. The van der Waals surface area contributed by atoms with Crippen molar-refractivity contribution in [3.05, 3.63) is 67.6 Å². The lowest BCUT2D eigenvalue weighted by molar-refractivity contribution is 1.11. The normalized spacial score (nSPS) is 12.5. The van der Waals surface area contributed by atoms with Gasteiger partial charge in [0.25, 0.3) is 0 Å². The van der Waals surface area contributed by atoms with Gasteiger partial charge in [-0.2, -0.15) is 0 Å². The SMILES string of the molecule is Cc1ccc(C(Cl)c2ccc(Br)cc2Br)cc1C. The van der Waals surface area contributed by atoms with Crippen molar-refractivity contribution in [1.82, 2.24) is 0 Å². The summed E-state index contributed by atoms with van der Waals surface area (Å²) < 4.78 is 2.07. The summed E-state index contributed by atoms with van der Waals surface area (Å²) in [6.07, 6.45) is 0. The number of alkyl halides is 1. The average molecular weight is 389 g/mol. The maximum Gasteiger partial charge on any atom is 0.0846 e. The van der Waals surface area contributed by atoms with Crippen LogP contribution in [0.5, 0.6) is 0 Å². The largest absolute Gasteiger partial charge is 0.113 e. The summed E-state index contributed by atoms with van der Waals surface area (Å²) in [7, 11) is 0. The van der Waals surface area contributed by atoms with E-state index in [1.165, 1.54) is 11.1 Å². The van der Waals surface area contributed by atoms with Gasteiger partial charge in [-0.05, 0) is 48.2 Å². The first-order valence-electron chi connectivity index (χ1n) is 5.65. The minimum absolute atomic E-state index is 0.133. The van der Waals surface area contributed by atoms with Gasteiger partial charge in [0.2, 0.25) is 0 Å². The second kappa shape index (κ2) is 5.77. The van der Waals surface area contributed by atoms with Crippen LogP contribution < -0.4 is 0 Å². The van der Waals surface area contributed by atoms with E-state index in [2.05, 4.69) is 63.9 Å². The van der Waals surface area contributed by atoms with Crippen molar-refractivity contribution in [1.29, 1.82) is 0 Å². The van der Waals surface area contributed by atoms with Crippen LogP contribution in [0.15, 0.2) is 45.3 Å². The summed E-state index contributed by atoms with van der Waals surface area (Å²) in [6.45, 7) is 4.22. The highest BCUT2D eigenvalue weighted by Gasteiger charge is 2.14. The molecule has 0 saturated carbocycles. The van der Waals surface area contributed by atoms with Crippen LogP contribution in [-0.4, -0.2) is 0 Å². The average Bonchev–Trinajstić information content (AvgIpc) is 2.32. The molecule has 0 N–H and O–H groups in total. The third kappa shape index (κ3) is 2.98. The molecule has 3 heteroatoms. The number of aryl methyl sites for hydroxylation is 2. The van der Waals surface area contributed by atoms with Gasteiger partial charge in [0, 0.05) is 8.95 Å². The molecule has 94 valence electrons. The van der Waals surface area contributed by atoms with E-state index in [1.54, 1.807) is 0 Å². The molecule has 0 heterocycles. The third-order valence-corrected chi connectivity index (χ3v) is 4.73. The predicted molar refractivity (Wildman–Crippen MR) is 85.5 cm³/mol. The van der Waals surface area contributed by atoms with Gasteiger partial charge in [-0.25, -0.2) is 0 Å². The zero-order valence-electron chi connectivity index (χ0n) is 10.2. The zero-order chi connectivity index (χ0) is 13.3. The van der Waals surface area contributed by atoms with Crippen LogP contribution in [0.4, 0.5) is 0 Å². The molecule has 2 aromatic rings. The summed E-state index contributed by atoms with van der Waals surface area (Å²) in [5.41, 5.74) is 4.77. The van der Waals surface area contributed by atoms with E-state index in [9.17, 15) is 0 Å². The van der Waals surface area contributed by atoms with E-state index in [0.717, 1.165) is 20.1 Å². The molecular formula is C15H13Br2Cl. The number of hydrogen-bond donors (Lipinski definition) is 0. The summed E-state index contributed by atoms with van der Waals surface area (Å²) in [6, 6.07) is 12.4. The Balaban J connectivity index is 2.41. The van der Waals surface area contributed by atoms with Crippen molar-refractivity contribution in [2.24, 2.45) is 0 Å². The highest BCUT2D eigenvalue weighted by molar-refractivity contribution is 9.11. The fraction of sp³-hybridized carbons (Fsp3) is 0.200. The lowest BCUT2D eigenvalue weighted by atomic mass is 10.00. The first-order chi connectivity index (χ1) is 8.49. The van der Waals surface area contributed by atoms with Crippen LogP contribution in [0.3, 0.4) is 0 Å². The lowest BCUT2D eigenvalue weighted by Crippen LogP contribution is -1.96. The minimum atomic E-state index is -0.133. The van der Waals surface area contributed by atoms with Gasteiger partial charge >= 0.3 is 0 Å². The predicted octanol–water partition coefficient (Wildman–Crippen LogP) is 6.16. The Morgan fingerprint density at radius 3 is 2.28 bits per heavy atom. The Hall–Kier alpha value is -0.310. The van der Waals surface area contributed by atoms with Gasteiger partial charge in [-0.15, -0.1) is 11.6 Å². The number of rotatable bonds is 2. The number of halogens is 3. The maximum absolute atomic E-state index is 6.57. The van der Waals surface area contributed by atoms with Gasteiger partial charge in [-0.3, -0.25) is 0 Å². The molecule has 0 radical (unpaired) electrons. The molecule has 1 unspecified atom stereocenters. The van der Waals surface area contributed by atoms with E-state index in [1.807, 2.05) is 18.2 Å². The molecule has 0 aliphatic heterocycles. The summed E-state index contributed by atoms with van der Waals surface area (Å²) in [5.74, 6) is 0. The molecule has 2 rings (SSSR count). The second-order valence-electron chi connectivity index (χ2n) is 4.37.